The molecule has 0 spiro atoms. The Balaban J connectivity index is 1.24. The molecule has 0 unspecified atom stereocenters. The predicted molar refractivity (Wildman–Crippen MR) is 139 cm³/mol. The van der Waals surface area contributed by atoms with E-state index < -0.39 is 24.0 Å². The Bertz CT molecular complexity index is 1660. The van der Waals surface area contributed by atoms with Crippen LogP contribution >= 0.6 is 0 Å². The minimum absolute atomic E-state index is 0.0711. The van der Waals surface area contributed by atoms with E-state index >= 15 is 0 Å². The maximum atomic E-state index is 13.7. The Hall–Kier alpha value is -4.63. The predicted octanol–water partition coefficient (Wildman–Crippen LogP) is 3.13. The zero-order valence-corrected chi connectivity index (χ0v) is 20.0. The van der Waals surface area contributed by atoms with Gasteiger partial charge in [0.2, 0.25) is 11.8 Å². The van der Waals surface area contributed by atoms with Crippen LogP contribution < -0.4 is 9.91 Å². The van der Waals surface area contributed by atoms with Crippen LogP contribution in [0.1, 0.15) is 5.69 Å². The number of amides is 2. The van der Waals surface area contributed by atoms with Gasteiger partial charge in [-0.15, -0.1) is 0 Å². The number of nitrogens with zero attached hydrogens (tertiary/aromatic N) is 5. The number of benzene rings is 3. The highest BCUT2D eigenvalue weighted by Gasteiger charge is 2.72. The van der Waals surface area contributed by atoms with Gasteiger partial charge < -0.3 is 9.84 Å². The third kappa shape index (κ3) is 2.82. The largest absolute Gasteiger partial charge is 0.508 e. The maximum Gasteiger partial charge on any atom is 0.240 e. The highest BCUT2D eigenvalue weighted by atomic mass is 16.5. The van der Waals surface area contributed by atoms with Crippen molar-refractivity contribution in [2.45, 2.75) is 18.2 Å². The lowest BCUT2D eigenvalue weighted by Crippen LogP contribution is -2.50. The molecular weight excluding hydrogens is 482 g/mol. The normalized spacial score (nSPS) is 29.2. The van der Waals surface area contributed by atoms with Crippen LogP contribution in [-0.2, 0) is 14.3 Å². The summed E-state index contributed by atoms with van der Waals surface area (Å²) in [6.07, 6.45) is 0.693. The summed E-state index contributed by atoms with van der Waals surface area (Å²) in [6.45, 7) is 0. The Labute approximate surface area is 217 Å². The molecular formula is C29H21N5O4. The van der Waals surface area contributed by atoms with Gasteiger partial charge in [-0.05, 0) is 48.5 Å². The molecule has 4 aliphatic heterocycles. The minimum Gasteiger partial charge on any atom is -0.508 e. The van der Waals surface area contributed by atoms with Crippen molar-refractivity contribution in [3.63, 3.8) is 0 Å². The van der Waals surface area contributed by atoms with E-state index in [1.807, 2.05) is 59.6 Å². The maximum absolute atomic E-state index is 13.7. The zero-order chi connectivity index (χ0) is 25.5. The van der Waals surface area contributed by atoms with E-state index in [4.69, 9.17) is 14.8 Å². The van der Waals surface area contributed by atoms with E-state index in [9.17, 15) is 14.7 Å². The SMILES string of the molecule is O=C1[C@@H]2[C@@H]3O[C@H]([C@@H]2C(=O)N1c1ccc(O)cc1)[C@@H]1[C@H]3C(c2cnc3ccccc3n2)=NN1c1ccccc1. The first kappa shape index (κ1) is 21.5. The Morgan fingerprint density at radius 1 is 0.737 bits per heavy atom. The molecule has 3 aromatic carbocycles. The molecule has 0 aliphatic carbocycles. The van der Waals surface area contributed by atoms with E-state index in [1.54, 1.807) is 18.3 Å². The van der Waals surface area contributed by atoms with Crippen molar-refractivity contribution in [3.8, 4) is 5.75 Å². The summed E-state index contributed by atoms with van der Waals surface area (Å²) in [4.78, 5) is 38.1. The van der Waals surface area contributed by atoms with Crippen molar-refractivity contribution in [1.29, 1.82) is 0 Å². The number of anilines is 2. The molecule has 0 saturated carbocycles. The average molecular weight is 504 g/mol. The number of aromatic nitrogens is 2. The van der Waals surface area contributed by atoms with Gasteiger partial charge in [0.05, 0.1) is 70.3 Å². The quantitative estimate of drug-likeness (QED) is 0.428. The van der Waals surface area contributed by atoms with Crippen LogP contribution in [0.5, 0.6) is 5.75 Å². The lowest BCUT2D eigenvalue weighted by Gasteiger charge is -2.32. The van der Waals surface area contributed by atoms with E-state index in [0.717, 1.165) is 16.7 Å². The van der Waals surface area contributed by atoms with Crippen LogP contribution in [0.25, 0.3) is 11.0 Å². The summed E-state index contributed by atoms with van der Waals surface area (Å²) in [7, 11) is 0. The van der Waals surface area contributed by atoms with Crippen molar-refractivity contribution in [2.24, 2.45) is 22.9 Å². The summed E-state index contributed by atoms with van der Waals surface area (Å²) >= 11 is 0. The van der Waals surface area contributed by atoms with Gasteiger partial charge in [-0.2, -0.15) is 5.10 Å². The number of ether oxygens (including phenoxy) is 1. The summed E-state index contributed by atoms with van der Waals surface area (Å²) in [6, 6.07) is 23.3. The molecule has 2 amide bonds. The van der Waals surface area contributed by atoms with Gasteiger partial charge in [-0.1, -0.05) is 30.3 Å². The smallest absolute Gasteiger partial charge is 0.240 e. The van der Waals surface area contributed by atoms with Crippen LogP contribution in [0.3, 0.4) is 0 Å². The number of phenolic OH excluding ortho intramolecular Hbond substituents is 1. The molecule has 9 heteroatoms. The van der Waals surface area contributed by atoms with Crippen LogP contribution in [-0.4, -0.2) is 50.9 Å². The third-order valence-corrected chi connectivity index (χ3v) is 8.13. The second kappa shape index (κ2) is 7.69. The van der Waals surface area contributed by atoms with E-state index in [-0.39, 0.29) is 29.5 Å². The number of fused-ring (bicyclic) bond motifs is 9. The highest BCUT2D eigenvalue weighted by molar-refractivity contribution is 6.23. The van der Waals surface area contributed by atoms with Crippen LogP contribution in [0.2, 0.25) is 0 Å². The Morgan fingerprint density at radius 3 is 2.18 bits per heavy atom. The monoisotopic (exact) mass is 503 g/mol. The number of hydrogen-bond acceptors (Lipinski definition) is 8. The van der Waals surface area contributed by atoms with Crippen molar-refractivity contribution < 1.29 is 19.4 Å². The highest BCUT2D eigenvalue weighted by Crippen LogP contribution is 2.56. The molecule has 4 aromatic rings. The molecule has 6 atom stereocenters. The zero-order valence-electron chi connectivity index (χ0n) is 20.0. The number of para-hydroxylation sites is 3. The fourth-order valence-electron chi connectivity index (χ4n) is 6.58. The fourth-order valence-corrected chi connectivity index (χ4v) is 6.58. The molecule has 3 fully saturated rings. The molecule has 8 rings (SSSR count). The number of phenols is 1. The van der Waals surface area contributed by atoms with Crippen LogP contribution in [0, 0.1) is 17.8 Å². The molecule has 2 bridgehead atoms. The third-order valence-electron chi connectivity index (χ3n) is 8.13. The van der Waals surface area contributed by atoms with Crippen LogP contribution in [0.4, 0.5) is 11.4 Å². The molecule has 1 N–H and O–H groups in total. The summed E-state index contributed by atoms with van der Waals surface area (Å²) in [5.41, 5.74) is 4.23. The van der Waals surface area contributed by atoms with Crippen molar-refractivity contribution >= 4 is 39.9 Å². The number of carbonyl (C=O) groups excluding carboxylic acids is 2. The standard InChI is InChI=1S/C29H21N5O4/c35-17-12-10-15(11-13-17)33-28(36)21-22(29(33)37)27-25-23(26(21)38-27)24(32-34(25)16-6-2-1-3-7-16)20-14-30-18-8-4-5-9-19(18)31-20/h1-14,21-23,25-27,35H/t21-,22+,23+,25-,26-,27+/m0/s1. The minimum atomic E-state index is -0.614. The molecule has 1 aromatic heterocycles. The van der Waals surface area contributed by atoms with Gasteiger partial charge in [0.1, 0.15) is 11.4 Å². The Morgan fingerprint density at radius 2 is 1.42 bits per heavy atom. The van der Waals surface area contributed by atoms with Gasteiger partial charge in [0.15, 0.2) is 0 Å². The number of hydrogen-bond donors (Lipinski definition) is 1. The van der Waals surface area contributed by atoms with E-state index in [2.05, 4.69) is 4.98 Å². The first-order valence-corrected chi connectivity index (χ1v) is 12.6. The lowest BCUT2D eigenvalue weighted by atomic mass is 9.70. The molecule has 4 aliphatic rings. The van der Waals surface area contributed by atoms with Crippen LogP contribution in [0.15, 0.2) is 90.2 Å². The van der Waals surface area contributed by atoms with Gasteiger partial charge in [0, 0.05) is 0 Å². The number of aromatic hydroxyl groups is 1. The second-order valence-corrected chi connectivity index (χ2v) is 10.1. The topological polar surface area (TPSA) is 108 Å². The van der Waals surface area contributed by atoms with Gasteiger partial charge in [0.25, 0.3) is 0 Å². The van der Waals surface area contributed by atoms with Gasteiger partial charge in [-0.3, -0.25) is 19.6 Å². The number of imide groups is 1. The summed E-state index contributed by atoms with van der Waals surface area (Å²) in [5.74, 6) is -1.96. The molecule has 9 nitrogen and oxygen atoms in total. The number of hydrazone groups is 1. The second-order valence-electron chi connectivity index (χ2n) is 10.1. The molecule has 38 heavy (non-hydrogen) atoms. The Kier molecular flexibility index (Phi) is 4.34. The average Bonchev–Trinajstić information content (AvgIpc) is 3.69. The summed E-state index contributed by atoms with van der Waals surface area (Å²) in [5, 5.41) is 16.7. The van der Waals surface area contributed by atoms with Crippen molar-refractivity contribution in [3.05, 3.63) is 90.8 Å². The van der Waals surface area contributed by atoms with E-state index in [0.29, 0.717) is 17.1 Å². The molecule has 0 radical (unpaired) electrons. The lowest BCUT2D eigenvalue weighted by molar-refractivity contribution is -0.125. The number of rotatable bonds is 3. The molecule has 5 heterocycles. The van der Waals surface area contributed by atoms with Crippen molar-refractivity contribution in [1.82, 2.24) is 9.97 Å². The first-order valence-electron chi connectivity index (χ1n) is 12.6. The molecule has 3 saturated heterocycles. The number of carbonyl (C=O) groups is 2. The van der Waals surface area contributed by atoms with Crippen molar-refractivity contribution in [2.75, 3.05) is 9.91 Å². The summed E-state index contributed by atoms with van der Waals surface area (Å²) < 4.78 is 6.46. The van der Waals surface area contributed by atoms with Gasteiger partial charge >= 0.3 is 0 Å². The molecule has 186 valence electrons. The van der Waals surface area contributed by atoms with E-state index in [1.165, 1.54) is 17.0 Å². The van der Waals surface area contributed by atoms with Gasteiger partial charge in [-0.25, -0.2) is 9.88 Å². The fraction of sp³-hybridized carbons (Fsp3) is 0.207. The first-order chi connectivity index (χ1) is 18.6.